The van der Waals surface area contributed by atoms with Gasteiger partial charge in [-0.3, -0.25) is 0 Å². The van der Waals surface area contributed by atoms with Crippen molar-refractivity contribution in [3.8, 4) is 11.3 Å². The molecule has 2 rings (SSSR count). The van der Waals surface area contributed by atoms with Crippen LogP contribution in [0.1, 0.15) is 0 Å². The molecule has 1 heterocycles. The largest absolute Gasteiger partial charge is 0.384 e. The first-order valence-corrected chi connectivity index (χ1v) is 4.72. The molecule has 0 aliphatic heterocycles. The van der Waals surface area contributed by atoms with Crippen LogP contribution >= 0.6 is 11.6 Å². The first-order chi connectivity index (χ1) is 7.16. The highest BCUT2D eigenvalue weighted by Gasteiger charge is 2.04. The van der Waals surface area contributed by atoms with Crippen molar-refractivity contribution in [1.82, 2.24) is 4.98 Å². The number of benzene rings is 1. The number of nitrogens with two attached hydrogens (primary N) is 1. The van der Waals surface area contributed by atoms with Gasteiger partial charge in [0.1, 0.15) is 11.6 Å². The van der Waals surface area contributed by atoms with Crippen LogP contribution in [0.4, 0.5) is 10.2 Å². The van der Waals surface area contributed by atoms with E-state index in [2.05, 4.69) is 4.98 Å². The Labute approximate surface area is 91.5 Å². The summed E-state index contributed by atoms with van der Waals surface area (Å²) >= 11 is 5.67. The molecule has 0 spiro atoms. The number of aromatic nitrogens is 1. The van der Waals surface area contributed by atoms with Crippen molar-refractivity contribution < 1.29 is 4.39 Å². The van der Waals surface area contributed by atoms with E-state index in [1.807, 2.05) is 0 Å². The Balaban J connectivity index is 2.50. The predicted octanol–water partition coefficient (Wildman–Crippen LogP) is 3.12. The number of rotatable bonds is 1. The van der Waals surface area contributed by atoms with Crippen molar-refractivity contribution in [3.63, 3.8) is 0 Å². The van der Waals surface area contributed by atoms with Gasteiger partial charge < -0.3 is 5.73 Å². The molecule has 0 bridgehead atoms. The zero-order valence-electron chi connectivity index (χ0n) is 7.74. The number of hydrogen-bond donors (Lipinski definition) is 1. The van der Waals surface area contributed by atoms with Gasteiger partial charge in [-0.05, 0) is 30.3 Å². The fourth-order valence-electron chi connectivity index (χ4n) is 1.27. The third-order valence-electron chi connectivity index (χ3n) is 1.99. The topological polar surface area (TPSA) is 38.9 Å². The van der Waals surface area contributed by atoms with Crippen LogP contribution in [0.5, 0.6) is 0 Å². The molecule has 0 saturated heterocycles. The molecule has 2 aromatic rings. The number of halogens is 2. The van der Waals surface area contributed by atoms with Crippen LogP contribution in [0.25, 0.3) is 11.3 Å². The second-order valence-corrected chi connectivity index (χ2v) is 3.48. The summed E-state index contributed by atoms with van der Waals surface area (Å²) in [5.41, 5.74) is 6.97. The van der Waals surface area contributed by atoms with Gasteiger partial charge in [-0.25, -0.2) is 9.37 Å². The van der Waals surface area contributed by atoms with Crippen molar-refractivity contribution in [2.45, 2.75) is 0 Å². The Kier molecular flexibility index (Phi) is 2.56. The van der Waals surface area contributed by atoms with Gasteiger partial charge in [0, 0.05) is 5.56 Å². The van der Waals surface area contributed by atoms with Crippen molar-refractivity contribution in [2.75, 3.05) is 5.73 Å². The van der Waals surface area contributed by atoms with E-state index in [4.69, 9.17) is 17.3 Å². The molecule has 2 nitrogen and oxygen atoms in total. The number of nitrogen functional groups attached to an aromatic ring is 1. The van der Waals surface area contributed by atoms with Gasteiger partial charge in [-0.15, -0.1) is 0 Å². The maximum atomic E-state index is 12.9. The summed E-state index contributed by atoms with van der Waals surface area (Å²) in [6.45, 7) is 0. The highest BCUT2D eigenvalue weighted by atomic mass is 35.5. The van der Waals surface area contributed by atoms with E-state index in [1.54, 1.807) is 24.3 Å². The van der Waals surface area contributed by atoms with Crippen LogP contribution in [0.2, 0.25) is 5.02 Å². The zero-order valence-corrected chi connectivity index (χ0v) is 8.50. The molecule has 2 N–H and O–H groups in total. The normalized spacial score (nSPS) is 10.3. The molecule has 0 atom stereocenters. The first kappa shape index (κ1) is 9.93. The minimum absolute atomic E-state index is 0.0803. The van der Waals surface area contributed by atoms with E-state index in [-0.39, 0.29) is 5.02 Å². The summed E-state index contributed by atoms with van der Waals surface area (Å²) in [5.74, 6) is -0.0164. The Morgan fingerprint density at radius 1 is 1.20 bits per heavy atom. The van der Waals surface area contributed by atoms with Crippen molar-refractivity contribution in [1.29, 1.82) is 0 Å². The molecule has 15 heavy (non-hydrogen) atoms. The summed E-state index contributed by atoms with van der Waals surface area (Å²) in [6, 6.07) is 9.72. The summed E-state index contributed by atoms with van der Waals surface area (Å²) in [5, 5.41) is 0.0803. The highest BCUT2D eigenvalue weighted by molar-refractivity contribution is 6.31. The van der Waals surface area contributed by atoms with E-state index < -0.39 is 5.82 Å². The van der Waals surface area contributed by atoms with Crippen LogP contribution < -0.4 is 5.73 Å². The van der Waals surface area contributed by atoms with Crippen molar-refractivity contribution in [3.05, 3.63) is 47.2 Å². The van der Waals surface area contributed by atoms with Crippen LogP contribution in [0, 0.1) is 5.82 Å². The number of pyridine rings is 1. The quantitative estimate of drug-likeness (QED) is 0.805. The summed E-state index contributed by atoms with van der Waals surface area (Å²) in [7, 11) is 0. The molecule has 0 fully saturated rings. The summed E-state index contributed by atoms with van der Waals surface area (Å²) in [6.07, 6.45) is 0. The molecule has 0 amide bonds. The van der Waals surface area contributed by atoms with Gasteiger partial charge >= 0.3 is 0 Å². The van der Waals surface area contributed by atoms with Crippen molar-refractivity contribution in [2.24, 2.45) is 0 Å². The summed E-state index contributed by atoms with van der Waals surface area (Å²) < 4.78 is 12.9. The van der Waals surface area contributed by atoms with Crippen LogP contribution in [0.15, 0.2) is 36.4 Å². The predicted molar refractivity (Wildman–Crippen MR) is 59.1 cm³/mol. The number of nitrogens with zero attached hydrogens (tertiary/aromatic N) is 1. The minimum atomic E-state index is -0.440. The third-order valence-corrected chi connectivity index (χ3v) is 2.28. The molecular formula is C11H8ClFN2. The average Bonchev–Trinajstić information content (AvgIpc) is 2.22. The van der Waals surface area contributed by atoms with Crippen molar-refractivity contribution >= 4 is 17.4 Å². The van der Waals surface area contributed by atoms with E-state index in [1.165, 1.54) is 12.1 Å². The Bertz CT molecular complexity index is 500. The highest BCUT2D eigenvalue weighted by Crippen LogP contribution is 2.23. The van der Waals surface area contributed by atoms with Crippen LogP contribution in [-0.4, -0.2) is 4.98 Å². The Hall–Kier alpha value is -1.61. The lowest BCUT2D eigenvalue weighted by Gasteiger charge is -2.02. The molecule has 0 radical (unpaired) electrons. The van der Waals surface area contributed by atoms with E-state index in [0.29, 0.717) is 11.5 Å². The fraction of sp³-hybridized carbons (Fsp3) is 0. The molecule has 4 heteroatoms. The zero-order chi connectivity index (χ0) is 10.8. The standard InChI is InChI=1S/C11H8ClFN2/c12-8-6-7(4-5-9(8)13)10-2-1-3-11(14)15-10/h1-6H,(H2,14,15). The Morgan fingerprint density at radius 2 is 2.00 bits per heavy atom. The molecule has 1 aromatic heterocycles. The van der Waals surface area contributed by atoms with E-state index in [9.17, 15) is 4.39 Å². The fourth-order valence-corrected chi connectivity index (χ4v) is 1.45. The number of anilines is 1. The van der Waals surface area contributed by atoms with Crippen LogP contribution in [0.3, 0.4) is 0 Å². The lowest BCUT2D eigenvalue weighted by Crippen LogP contribution is -1.91. The molecular weight excluding hydrogens is 215 g/mol. The molecule has 0 unspecified atom stereocenters. The molecule has 0 aliphatic carbocycles. The Morgan fingerprint density at radius 3 is 2.67 bits per heavy atom. The van der Waals surface area contributed by atoms with Gasteiger partial charge in [-0.2, -0.15) is 0 Å². The molecule has 0 aliphatic rings. The molecule has 0 saturated carbocycles. The van der Waals surface area contributed by atoms with Gasteiger partial charge in [0.15, 0.2) is 0 Å². The second-order valence-electron chi connectivity index (χ2n) is 3.08. The third kappa shape index (κ3) is 2.07. The van der Waals surface area contributed by atoms with Gasteiger partial charge in [0.2, 0.25) is 0 Å². The van der Waals surface area contributed by atoms with E-state index in [0.717, 1.165) is 5.56 Å². The number of hydrogen-bond acceptors (Lipinski definition) is 2. The van der Waals surface area contributed by atoms with Gasteiger partial charge in [-0.1, -0.05) is 17.7 Å². The molecule has 1 aromatic carbocycles. The first-order valence-electron chi connectivity index (χ1n) is 4.35. The smallest absolute Gasteiger partial charge is 0.141 e. The van der Waals surface area contributed by atoms with Gasteiger partial charge in [0.25, 0.3) is 0 Å². The maximum Gasteiger partial charge on any atom is 0.141 e. The van der Waals surface area contributed by atoms with Crippen LogP contribution in [-0.2, 0) is 0 Å². The lowest BCUT2D eigenvalue weighted by molar-refractivity contribution is 0.628. The SMILES string of the molecule is Nc1cccc(-c2ccc(F)c(Cl)c2)n1. The average molecular weight is 223 g/mol. The summed E-state index contributed by atoms with van der Waals surface area (Å²) in [4.78, 5) is 4.11. The lowest BCUT2D eigenvalue weighted by atomic mass is 10.1. The maximum absolute atomic E-state index is 12.9. The second kappa shape index (κ2) is 3.87. The van der Waals surface area contributed by atoms with E-state index >= 15 is 0 Å². The minimum Gasteiger partial charge on any atom is -0.384 e. The molecule has 76 valence electrons. The monoisotopic (exact) mass is 222 g/mol. The van der Waals surface area contributed by atoms with Gasteiger partial charge in [0.05, 0.1) is 10.7 Å².